The first-order valence-corrected chi connectivity index (χ1v) is 7.08. The van der Waals surface area contributed by atoms with Crippen molar-refractivity contribution in [1.82, 2.24) is 15.1 Å². The van der Waals surface area contributed by atoms with Gasteiger partial charge < -0.3 is 5.32 Å². The van der Waals surface area contributed by atoms with E-state index in [1.54, 1.807) is 0 Å². The van der Waals surface area contributed by atoms with Gasteiger partial charge in [-0.25, -0.2) is 0 Å². The van der Waals surface area contributed by atoms with Gasteiger partial charge in [-0.3, -0.25) is 4.68 Å². The van der Waals surface area contributed by atoms with Gasteiger partial charge in [0.2, 0.25) is 0 Å². The summed E-state index contributed by atoms with van der Waals surface area (Å²) in [6, 6.07) is 10.2. The van der Waals surface area contributed by atoms with Crippen molar-refractivity contribution in [1.29, 1.82) is 0 Å². The van der Waals surface area contributed by atoms with Gasteiger partial charge in [0.25, 0.3) is 0 Å². The molecule has 1 N–H and O–H groups in total. The Balaban J connectivity index is 1.98. The topological polar surface area (TPSA) is 29.9 Å². The van der Waals surface area contributed by atoms with Gasteiger partial charge in [0.1, 0.15) is 0 Å². The highest BCUT2D eigenvalue weighted by Gasteiger charge is 2.09. The third-order valence-electron chi connectivity index (χ3n) is 3.20. The number of rotatable bonds is 6. The van der Waals surface area contributed by atoms with Crippen molar-refractivity contribution in [3.63, 3.8) is 0 Å². The average Bonchev–Trinajstić information content (AvgIpc) is 2.84. The second-order valence-electron chi connectivity index (χ2n) is 4.67. The van der Waals surface area contributed by atoms with Crippen molar-refractivity contribution < 1.29 is 0 Å². The number of hydrogen-bond donors (Lipinski definition) is 1. The summed E-state index contributed by atoms with van der Waals surface area (Å²) >= 11 is 6.20. The third kappa shape index (κ3) is 3.58. The van der Waals surface area contributed by atoms with Crippen LogP contribution in [0, 0.1) is 0 Å². The van der Waals surface area contributed by atoms with Crippen molar-refractivity contribution >= 4 is 11.6 Å². The molecule has 1 heterocycles. The number of halogens is 1. The molecule has 0 fully saturated rings. The number of aryl methyl sites for hydroxylation is 1. The molecule has 2 rings (SSSR count). The number of hydrogen-bond acceptors (Lipinski definition) is 2. The van der Waals surface area contributed by atoms with Gasteiger partial charge in [-0.2, -0.15) is 5.10 Å². The van der Waals surface area contributed by atoms with E-state index in [0.717, 1.165) is 30.1 Å². The fourth-order valence-corrected chi connectivity index (χ4v) is 2.42. The maximum atomic E-state index is 6.20. The summed E-state index contributed by atoms with van der Waals surface area (Å²) < 4.78 is 2.05. The quantitative estimate of drug-likeness (QED) is 0.870. The van der Waals surface area contributed by atoms with E-state index in [1.165, 1.54) is 5.69 Å². The lowest BCUT2D eigenvalue weighted by Crippen LogP contribution is -2.20. The Hall–Kier alpha value is -1.32. The van der Waals surface area contributed by atoms with Crippen LogP contribution in [-0.2, 0) is 13.1 Å². The molecule has 19 heavy (non-hydrogen) atoms. The van der Waals surface area contributed by atoms with Gasteiger partial charge in [0.05, 0.1) is 5.69 Å². The number of nitrogens with zero attached hydrogens (tertiary/aromatic N) is 2. The molecule has 102 valence electrons. The van der Waals surface area contributed by atoms with Crippen LogP contribution in [0.3, 0.4) is 0 Å². The first-order chi connectivity index (χ1) is 9.22. The van der Waals surface area contributed by atoms with Crippen LogP contribution in [0.25, 0.3) is 0 Å². The van der Waals surface area contributed by atoms with E-state index in [2.05, 4.69) is 36.4 Å². The van der Waals surface area contributed by atoms with E-state index in [-0.39, 0.29) is 6.04 Å². The van der Waals surface area contributed by atoms with Crippen LogP contribution in [0.2, 0.25) is 5.02 Å². The van der Waals surface area contributed by atoms with E-state index in [1.807, 2.05) is 29.1 Å². The van der Waals surface area contributed by atoms with Crippen molar-refractivity contribution in [2.75, 3.05) is 0 Å². The minimum atomic E-state index is 0.221. The second kappa shape index (κ2) is 6.73. The van der Waals surface area contributed by atoms with E-state index in [4.69, 9.17) is 11.6 Å². The summed E-state index contributed by atoms with van der Waals surface area (Å²) in [5.74, 6) is 0. The number of aromatic nitrogens is 2. The van der Waals surface area contributed by atoms with Gasteiger partial charge in [0.15, 0.2) is 0 Å². The smallest absolute Gasteiger partial charge is 0.0522 e. The first kappa shape index (κ1) is 14.1. The highest BCUT2D eigenvalue weighted by molar-refractivity contribution is 6.31. The van der Waals surface area contributed by atoms with Crippen molar-refractivity contribution in [3.05, 3.63) is 52.8 Å². The zero-order valence-corrected chi connectivity index (χ0v) is 12.2. The zero-order valence-electron chi connectivity index (χ0n) is 11.4. The summed E-state index contributed by atoms with van der Waals surface area (Å²) in [5.41, 5.74) is 2.34. The molecule has 2 aromatic rings. The maximum Gasteiger partial charge on any atom is 0.0522 e. The molecule has 1 atom stereocenters. The zero-order chi connectivity index (χ0) is 13.7. The first-order valence-electron chi connectivity index (χ1n) is 6.71. The number of benzene rings is 1. The summed E-state index contributed by atoms with van der Waals surface area (Å²) in [5, 5.41) is 8.63. The molecule has 0 bridgehead atoms. The predicted molar refractivity (Wildman–Crippen MR) is 79.2 cm³/mol. The molecule has 0 spiro atoms. The summed E-state index contributed by atoms with van der Waals surface area (Å²) in [4.78, 5) is 0. The van der Waals surface area contributed by atoms with E-state index in [0.29, 0.717) is 0 Å². The van der Waals surface area contributed by atoms with Crippen molar-refractivity contribution in [2.45, 2.75) is 39.4 Å². The normalized spacial score (nSPS) is 12.6. The van der Waals surface area contributed by atoms with Gasteiger partial charge in [-0.1, -0.05) is 36.7 Å². The highest BCUT2D eigenvalue weighted by atomic mass is 35.5. The lowest BCUT2D eigenvalue weighted by atomic mass is 10.1. The van der Waals surface area contributed by atoms with Crippen LogP contribution in [0.15, 0.2) is 36.5 Å². The summed E-state index contributed by atoms with van der Waals surface area (Å²) in [6.45, 7) is 6.05. The van der Waals surface area contributed by atoms with Gasteiger partial charge in [-0.05, 0) is 31.0 Å². The molecule has 0 saturated carbocycles. The minimum absolute atomic E-state index is 0.221. The fraction of sp³-hybridized carbons (Fsp3) is 0.400. The third-order valence-corrected chi connectivity index (χ3v) is 3.55. The SMILES string of the molecule is CCCn1nccc1CN[C@@H](C)c1ccccc1Cl. The Morgan fingerprint density at radius 1 is 1.32 bits per heavy atom. The fourth-order valence-electron chi connectivity index (χ4n) is 2.12. The van der Waals surface area contributed by atoms with Gasteiger partial charge >= 0.3 is 0 Å². The highest BCUT2D eigenvalue weighted by Crippen LogP contribution is 2.22. The standard InChI is InChI=1S/C15H20ClN3/c1-3-10-19-13(8-9-18-19)11-17-12(2)14-6-4-5-7-15(14)16/h4-9,12,17H,3,10-11H2,1-2H3/t12-/m0/s1. The Morgan fingerprint density at radius 2 is 2.11 bits per heavy atom. The molecular weight excluding hydrogens is 258 g/mol. The van der Waals surface area contributed by atoms with Gasteiger partial charge in [-0.15, -0.1) is 0 Å². The predicted octanol–water partition coefficient (Wildman–Crippen LogP) is 3.80. The largest absolute Gasteiger partial charge is 0.305 e. The van der Waals surface area contributed by atoms with Crippen LogP contribution in [0.5, 0.6) is 0 Å². The Labute approximate surface area is 119 Å². The molecule has 0 radical (unpaired) electrons. The van der Waals surface area contributed by atoms with E-state index in [9.17, 15) is 0 Å². The molecule has 0 aliphatic rings. The molecule has 1 aromatic heterocycles. The molecule has 0 aliphatic heterocycles. The molecule has 1 aromatic carbocycles. The minimum Gasteiger partial charge on any atom is -0.305 e. The average molecular weight is 278 g/mol. The summed E-state index contributed by atoms with van der Waals surface area (Å²) in [7, 11) is 0. The monoisotopic (exact) mass is 277 g/mol. The van der Waals surface area contributed by atoms with E-state index >= 15 is 0 Å². The molecular formula is C15H20ClN3. The second-order valence-corrected chi connectivity index (χ2v) is 5.08. The lowest BCUT2D eigenvalue weighted by Gasteiger charge is -2.16. The van der Waals surface area contributed by atoms with Gasteiger partial charge in [0, 0.05) is 30.4 Å². The Bertz CT molecular complexity index is 522. The number of nitrogens with one attached hydrogen (secondary N) is 1. The Kier molecular flexibility index (Phi) is 5.00. The van der Waals surface area contributed by atoms with Crippen LogP contribution < -0.4 is 5.32 Å². The summed E-state index contributed by atoms with van der Waals surface area (Å²) in [6.07, 6.45) is 2.95. The van der Waals surface area contributed by atoms with Crippen molar-refractivity contribution in [2.24, 2.45) is 0 Å². The van der Waals surface area contributed by atoms with Crippen LogP contribution in [0.4, 0.5) is 0 Å². The van der Waals surface area contributed by atoms with Crippen molar-refractivity contribution in [3.8, 4) is 0 Å². The molecule has 0 aliphatic carbocycles. The Morgan fingerprint density at radius 3 is 2.84 bits per heavy atom. The molecule has 4 heteroatoms. The molecule has 3 nitrogen and oxygen atoms in total. The van der Waals surface area contributed by atoms with Crippen LogP contribution in [0.1, 0.15) is 37.6 Å². The van der Waals surface area contributed by atoms with Crippen LogP contribution >= 0.6 is 11.6 Å². The maximum absolute atomic E-state index is 6.20. The molecule has 0 unspecified atom stereocenters. The van der Waals surface area contributed by atoms with E-state index < -0.39 is 0 Å². The van der Waals surface area contributed by atoms with Crippen LogP contribution in [-0.4, -0.2) is 9.78 Å². The lowest BCUT2D eigenvalue weighted by molar-refractivity contribution is 0.517. The molecule has 0 saturated heterocycles. The molecule has 0 amide bonds.